The van der Waals surface area contributed by atoms with Crippen LogP contribution < -0.4 is 11.1 Å². The molecule has 0 radical (unpaired) electrons. The van der Waals surface area contributed by atoms with Gasteiger partial charge in [-0.05, 0) is 26.7 Å². The molecule has 1 aromatic heterocycles. The quantitative estimate of drug-likeness (QED) is 0.749. The van der Waals surface area contributed by atoms with E-state index < -0.39 is 0 Å². The van der Waals surface area contributed by atoms with Gasteiger partial charge in [0.15, 0.2) is 0 Å². The van der Waals surface area contributed by atoms with Gasteiger partial charge in [-0.15, -0.1) is 12.4 Å². The topological polar surface area (TPSA) is 104 Å². The van der Waals surface area contributed by atoms with Crippen molar-refractivity contribution in [2.24, 2.45) is 11.7 Å². The van der Waals surface area contributed by atoms with Gasteiger partial charge in [0.25, 0.3) is 0 Å². The Bertz CT molecular complexity index is 541. The second-order valence-corrected chi connectivity index (χ2v) is 6.09. The monoisotopic (exact) mass is 343 g/mol. The maximum Gasteiger partial charge on any atom is 0.225 e. The smallest absolute Gasteiger partial charge is 0.225 e. The van der Waals surface area contributed by atoms with Crippen LogP contribution in [-0.2, 0) is 16.1 Å². The van der Waals surface area contributed by atoms with Gasteiger partial charge in [-0.1, -0.05) is 0 Å². The molecule has 0 spiro atoms. The normalized spacial score (nSPS) is 21.3. The summed E-state index contributed by atoms with van der Waals surface area (Å²) in [6.07, 6.45) is 1.46. The molecule has 0 saturated carbocycles. The molecule has 2 heterocycles. The Hall–Kier alpha value is -1.60. The summed E-state index contributed by atoms with van der Waals surface area (Å²) in [5.41, 5.74) is 8.85. The Morgan fingerprint density at radius 2 is 2.04 bits per heavy atom. The van der Waals surface area contributed by atoms with Crippen LogP contribution in [0.25, 0.3) is 0 Å². The number of aromatic amines is 1. The van der Waals surface area contributed by atoms with Crippen LogP contribution in [0, 0.1) is 19.8 Å². The minimum absolute atomic E-state index is 0. The first-order chi connectivity index (χ1) is 10.4. The SMILES string of the molecule is CC(=O)N1C[C@@H](N)CC[C@@H](C(=O)NCc2c(C)n[nH]c2C)C1.Cl. The molecule has 0 aromatic carbocycles. The lowest BCUT2D eigenvalue weighted by Gasteiger charge is -2.23. The van der Waals surface area contributed by atoms with Crippen molar-refractivity contribution in [3.63, 3.8) is 0 Å². The van der Waals surface area contributed by atoms with Gasteiger partial charge in [-0.2, -0.15) is 5.10 Å². The summed E-state index contributed by atoms with van der Waals surface area (Å²) in [4.78, 5) is 25.7. The first-order valence-corrected chi connectivity index (χ1v) is 7.67. The summed E-state index contributed by atoms with van der Waals surface area (Å²) in [7, 11) is 0. The van der Waals surface area contributed by atoms with Gasteiger partial charge < -0.3 is 16.0 Å². The van der Waals surface area contributed by atoms with Crippen LogP contribution in [0.15, 0.2) is 0 Å². The van der Waals surface area contributed by atoms with Crippen LogP contribution in [-0.4, -0.2) is 46.0 Å². The number of aromatic nitrogens is 2. The van der Waals surface area contributed by atoms with Crippen molar-refractivity contribution < 1.29 is 9.59 Å². The largest absolute Gasteiger partial charge is 0.352 e. The van der Waals surface area contributed by atoms with E-state index in [0.29, 0.717) is 26.1 Å². The number of hydrogen-bond acceptors (Lipinski definition) is 4. The zero-order valence-electron chi connectivity index (χ0n) is 13.9. The number of nitrogens with one attached hydrogen (secondary N) is 2. The summed E-state index contributed by atoms with van der Waals surface area (Å²) < 4.78 is 0. The molecule has 23 heavy (non-hydrogen) atoms. The van der Waals surface area contributed by atoms with Gasteiger partial charge in [0.1, 0.15) is 0 Å². The van der Waals surface area contributed by atoms with Gasteiger partial charge in [0.2, 0.25) is 11.8 Å². The van der Waals surface area contributed by atoms with Crippen LogP contribution in [0.5, 0.6) is 0 Å². The van der Waals surface area contributed by atoms with E-state index in [1.807, 2.05) is 13.8 Å². The molecular weight excluding hydrogens is 318 g/mol. The van der Waals surface area contributed by atoms with Crippen molar-refractivity contribution in [2.75, 3.05) is 13.1 Å². The predicted octanol–water partition coefficient (Wildman–Crippen LogP) is 0.650. The summed E-state index contributed by atoms with van der Waals surface area (Å²) in [6, 6.07) is -0.0555. The standard InChI is InChI=1S/C15H25N5O2.ClH/c1-9-14(10(2)19-18-9)6-17-15(22)12-4-5-13(16)8-20(7-12)11(3)21;/h12-13H,4-8,16H2,1-3H3,(H,17,22)(H,18,19);1H/t12-,13+;/m1./s1. The summed E-state index contributed by atoms with van der Waals surface area (Å²) >= 11 is 0. The zero-order chi connectivity index (χ0) is 16.3. The highest BCUT2D eigenvalue weighted by Gasteiger charge is 2.28. The molecule has 2 amide bonds. The van der Waals surface area contributed by atoms with Crippen molar-refractivity contribution >= 4 is 24.2 Å². The van der Waals surface area contributed by atoms with E-state index in [1.54, 1.807) is 4.90 Å². The number of H-pyrrole nitrogens is 1. The first-order valence-electron chi connectivity index (χ1n) is 7.67. The second-order valence-electron chi connectivity index (χ2n) is 6.09. The predicted molar refractivity (Wildman–Crippen MR) is 90.1 cm³/mol. The van der Waals surface area contributed by atoms with Gasteiger partial charge in [-0.25, -0.2) is 0 Å². The van der Waals surface area contributed by atoms with Gasteiger partial charge in [0.05, 0.1) is 11.6 Å². The molecule has 1 aromatic rings. The molecule has 8 heteroatoms. The number of halogens is 1. The number of nitrogens with zero attached hydrogens (tertiary/aromatic N) is 2. The van der Waals surface area contributed by atoms with E-state index in [0.717, 1.165) is 23.4 Å². The number of aryl methyl sites for hydroxylation is 2. The number of carbonyl (C=O) groups is 2. The zero-order valence-corrected chi connectivity index (χ0v) is 14.7. The number of hydrogen-bond donors (Lipinski definition) is 3. The summed E-state index contributed by atoms with van der Waals surface area (Å²) in [6.45, 7) is 6.79. The van der Waals surface area contributed by atoms with Crippen molar-refractivity contribution in [2.45, 2.75) is 46.2 Å². The number of likely N-dealkylation sites (tertiary alicyclic amines) is 1. The summed E-state index contributed by atoms with van der Waals surface area (Å²) in [5, 5.41) is 9.99. The molecule has 1 fully saturated rings. The maximum atomic E-state index is 12.4. The second kappa shape index (κ2) is 8.31. The number of rotatable bonds is 3. The molecule has 2 rings (SSSR count). The molecule has 1 saturated heterocycles. The Labute approximate surface area is 142 Å². The number of amides is 2. The molecule has 0 bridgehead atoms. The lowest BCUT2D eigenvalue weighted by molar-refractivity contribution is -0.131. The van der Waals surface area contributed by atoms with Gasteiger partial charge in [-0.3, -0.25) is 14.7 Å². The Morgan fingerprint density at radius 1 is 1.35 bits per heavy atom. The van der Waals surface area contributed by atoms with Crippen molar-refractivity contribution in [1.82, 2.24) is 20.4 Å². The van der Waals surface area contributed by atoms with E-state index >= 15 is 0 Å². The Balaban J connectivity index is 0.00000264. The molecule has 2 atom stereocenters. The highest BCUT2D eigenvalue weighted by Crippen LogP contribution is 2.17. The molecule has 7 nitrogen and oxygen atoms in total. The first kappa shape index (κ1) is 19.4. The Morgan fingerprint density at radius 3 is 2.61 bits per heavy atom. The maximum absolute atomic E-state index is 12.4. The minimum Gasteiger partial charge on any atom is -0.352 e. The molecular formula is C15H26ClN5O2. The summed E-state index contributed by atoms with van der Waals surface area (Å²) in [5.74, 6) is -0.262. The van der Waals surface area contributed by atoms with Crippen molar-refractivity contribution in [1.29, 1.82) is 0 Å². The van der Waals surface area contributed by atoms with Crippen molar-refractivity contribution in [3.05, 3.63) is 17.0 Å². The average molecular weight is 344 g/mol. The highest BCUT2D eigenvalue weighted by molar-refractivity contribution is 5.85. The van der Waals surface area contributed by atoms with E-state index in [1.165, 1.54) is 6.92 Å². The average Bonchev–Trinajstić information content (AvgIpc) is 2.66. The third kappa shape index (κ3) is 4.94. The van der Waals surface area contributed by atoms with E-state index in [4.69, 9.17) is 5.73 Å². The molecule has 1 aliphatic heterocycles. The molecule has 0 unspecified atom stereocenters. The van der Waals surface area contributed by atoms with Gasteiger partial charge >= 0.3 is 0 Å². The van der Waals surface area contributed by atoms with E-state index in [9.17, 15) is 9.59 Å². The number of nitrogens with two attached hydrogens (primary N) is 1. The van der Waals surface area contributed by atoms with Crippen LogP contribution in [0.1, 0.15) is 36.7 Å². The fraction of sp³-hybridized carbons (Fsp3) is 0.667. The molecule has 1 aliphatic rings. The number of carbonyl (C=O) groups excluding carboxylic acids is 2. The third-order valence-electron chi connectivity index (χ3n) is 4.32. The van der Waals surface area contributed by atoms with Gasteiger partial charge in [0, 0.05) is 43.9 Å². The lowest BCUT2D eigenvalue weighted by Crippen LogP contribution is -2.42. The van der Waals surface area contributed by atoms with Crippen LogP contribution in [0.4, 0.5) is 0 Å². The fourth-order valence-electron chi connectivity index (χ4n) is 2.85. The Kier molecular flexibility index (Phi) is 7.02. The molecule has 4 N–H and O–H groups in total. The third-order valence-corrected chi connectivity index (χ3v) is 4.32. The van der Waals surface area contributed by atoms with Crippen molar-refractivity contribution in [3.8, 4) is 0 Å². The van der Waals surface area contributed by atoms with Crippen LogP contribution >= 0.6 is 12.4 Å². The van der Waals surface area contributed by atoms with Crippen LogP contribution in [0.2, 0.25) is 0 Å². The minimum atomic E-state index is -0.204. The highest BCUT2D eigenvalue weighted by atomic mass is 35.5. The molecule has 130 valence electrons. The molecule has 0 aliphatic carbocycles. The fourth-order valence-corrected chi connectivity index (χ4v) is 2.85. The lowest BCUT2D eigenvalue weighted by atomic mass is 10.0. The van der Waals surface area contributed by atoms with Crippen LogP contribution in [0.3, 0.4) is 0 Å². The van der Waals surface area contributed by atoms with E-state index in [-0.39, 0.29) is 36.2 Å². The van der Waals surface area contributed by atoms with E-state index in [2.05, 4.69) is 15.5 Å².